The summed E-state index contributed by atoms with van der Waals surface area (Å²) in [5.74, 6) is -0.210. The van der Waals surface area contributed by atoms with Gasteiger partial charge in [0.1, 0.15) is 0 Å². The molecular weight excluding hydrogens is 394 g/mol. The first-order valence-corrected chi connectivity index (χ1v) is 10.3. The summed E-state index contributed by atoms with van der Waals surface area (Å²) < 4.78 is 0. The molecule has 148 valence electrons. The van der Waals surface area contributed by atoms with E-state index in [1.165, 1.54) is 0 Å². The van der Waals surface area contributed by atoms with Gasteiger partial charge in [-0.15, -0.1) is 0 Å². The second-order valence-corrected chi connectivity index (χ2v) is 7.32. The monoisotopic (exact) mass is 413 g/mol. The van der Waals surface area contributed by atoms with Gasteiger partial charge in [-0.1, -0.05) is 42.5 Å². The van der Waals surface area contributed by atoms with E-state index in [4.69, 9.17) is 0 Å². The summed E-state index contributed by atoms with van der Waals surface area (Å²) in [6.45, 7) is 0. The van der Waals surface area contributed by atoms with Gasteiger partial charge >= 0.3 is 6.03 Å². The highest BCUT2D eigenvalue weighted by molar-refractivity contribution is 7.08. The predicted octanol–water partition coefficient (Wildman–Crippen LogP) is 6.31. The highest BCUT2D eigenvalue weighted by Crippen LogP contribution is 2.32. The molecule has 3 amide bonds. The van der Waals surface area contributed by atoms with E-state index in [-0.39, 0.29) is 11.9 Å². The molecule has 4 aromatic rings. The number of hydrogen-bond donors (Lipinski definition) is 3. The van der Waals surface area contributed by atoms with Crippen LogP contribution in [0.25, 0.3) is 11.1 Å². The number of benzene rings is 3. The third-order valence-electron chi connectivity index (χ3n) is 4.43. The molecular formula is C24H19N3O2S. The van der Waals surface area contributed by atoms with Crippen LogP contribution < -0.4 is 16.0 Å². The number of nitrogens with one attached hydrogen (secondary N) is 3. The Bertz CT molecular complexity index is 1140. The molecule has 0 aliphatic heterocycles. The lowest BCUT2D eigenvalue weighted by Crippen LogP contribution is -2.20. The second kappa shape index (κ2) is 9.07. The van der Waals surface area contributed by atoms with Gasteiger partial charge in [0.2, 0.25) is 0 Å². The first kappa shape index (κ1) is 19.4. The smallest absolute Gasteiger partial charge is 0.322 e. The van der Waals surface area contributed by atoms with Gasteiger partial charge in [0, 0.05) is 22.5 Å². The number of para-hydroxylation sites is 1. The Hall–Kier alpha value is -3.90. The van der Waals surface area contributed by atoms with Crippen LogP contribution in [0.15, 0.2) is 95.7 Å². The molecule has 0 spiro atoms. The largest absolute Gasteiger partial charge is 0.323 e. The molecule has 1 heterocycles. The summed E-state index contributed by atoms with van der Waals surface area (Å²) in [4.78, 5) is 25.0. The van der Waals surface area contributed by atoms with Crippen LogP contribution in [-0.2, 0) is 0 Å². The van der Waals surface area contributed by atoms with Gasteiger partial charge in [-0.25, -0.2) is 4.79 Å². The SMILES string of the molecule is O=C(Nc1ccccc1)Nc1cc(NC(=O)c2ccccc2)ccc1-c1ccsc1. The van der Waals surface area contributed by atoms with Gasteiger partial charge in [0.15, 0.2) is 0 Å². The first-order chi connectivity index (χ1) is 14.7. The first-order valence-electron chi connectivity index (χ1n) is 9.35. The summed E-state index contributed by atoms with van der Waals surface area (Å²) in [6, 6.07) is 25.3. The molecule has 0 radical (unpaired) electrons. The molecule has 0 atom stereocenters. The number of anilines is 3. The van der Waals surface area contributed by atoms with Crippen LogP contribution in [0.2, 0.25) is 0 Å². The van der Waals surface area contributed by atoms with Crippen LogP contribution in [0.1, 0.15) is 10.4 Å². The minimum absolute atomic E-state index is 0.210. The topological polar surface area (TPSA) is 70.2 Å². The van der Waals surface area contributed by atoms with E-state index >= 15 is 0 Å². The van der Waals surface area contributed by atoms with E-state index in [1.807, 2.05) is 77.5 Å². The van der Waals surface area contributed by atoms with Gasteiger partial charge in [0.05, 0.1) is 5.69 Å². The van der Waals surface area contributed by atoms with Crippen molar-refractivity contribution in [3.05, 3.63) is 101 Å². The van der Waals surface area contributed by atoms with Crippen LogP contribution in [0.3, 0.4) is 0 Å². The van der Waals surface area contributed by atoms with Gasteiger partial charge in [-0.2, -0.15) is 11.3 Å². The molecule has 0 unspecified atom stereocenters. The van der Waals surface area contributed by atoms with Crippen molar-refractivity contribution >= 4 is 40.3 Å². The van der Waals surface area contributed by atoms with Crippen LogP contribution >= 0.6 is 11.3 Å². The molecule has 4 rings (SSSR count). The van der Waals surface area contributed by atoms with Crippen LogP contribution in [0, 0.1) is 0 Å². The number of hydrogen-bond acceptors (Lipinski definition) is 3. The Morgan fingerprint density at radius 1 is 0.700 bits per heavy atom. The molecule has 0 fully saturated rings. The zero-order valence-corrected chi connectivity index (χ0v) is 16.8. The van der Waals surface area contributed by atoms with Crippen molar-refractivity contribution in [3.63, 3.8) is 0 Å². The fourth-order valence-corrected chi connectivity index (χ4v) is 3.65. The maximum Gasteiger partial charge on any atom is 0.323 e. The summed E-state index contributed by atoms with van der Waals surface area (Å²) in [6.07, 6.45) is 0. The van der Waals surface area contributed by atoms with Crippen molar-refractivity contribution in [1.29, 1.82) is 0 Å². The van der Waals surface area contributed by atoms with Crippen LogP contribution in [0.4, 0.5) is 21.9 Å². The number of carbonyl (C=O) groups is 2. The molecule has 0 aliphatic rings. The van der Waals surface area contributed by atoms with Gasteiger partial charge in [0.25, 0.3) is 5.91 Å². The molecule has 6 heteroatoms. The van der Waals surface area contributed by atoms with Crippen molar-refractivity contribution in [2.45, 2.75) is 0 Å². The van der Waals surface area contributed by atoms with Gasteiger partial charge in [-0.05, 0) is 58.8 Å². The highest BCUT2D eigenvalue weighted by Gasteiger charge is 2.12. The molecule has 0 bridgehead atoms. The summed E-state index contributed by atoms with van der Waals surface area (Å²) in [5, 5.41) is 12.6. The summed E-state index contributed by atoms with van der Waals surface area (Å²) in [7, 11) is 0. The third kappa shape index (κ3) is 4.74. The molecule has 3 aromatic carbocycles. The number of amides is 3. The Kier molecular flexibility index (Phi) is 5.87. The summed E-state index contributed by atoms with van der Waals surface area (Å²) in [5.41, 5.74) is 4.33. The molecule has 0 saturated carbocycles. The van der Waals surface area contributed by atoms with E-state index in [2.05, 4.69) is 16.0 Å². The maximum atomic E-state index is 12.6. The molecule has 30 heavy (non-hydrogen) atoms. The Morgan fingerprint density at radius 2 is 1.43 bits per heavy atom. The zero-order chi connectivity index (χ0) is 20.8. The van der Waals surface area contributed by atoms with Crippen molar-refractivity contribution in [2.75, 3.05) is 16.0 Å². The molecule has 0 aliphatic carbocycles. The van der Waals surface area contributed by atoms with Crippen LogP contribution in [-0.4, -0.2) is 11.9 Å². The van der Waals surface area contributed by atoms with Crippen molar-refractivity contribution in [3.8, 4) is 11.1 Å². The molecule has 5 nitrogen and oxygen atoms in total. The van der Waals surface area contributed by atoms with E-state index in [9.17, 15) is 9.59 Å². The van der Waals surface area contributed by atoms with E-state index in [1.54, 1.807) is 29.5 Å². The van der Waals surface area contributed by atoms with Gasteiger partial charge < -0.3 is 16.0 Å². The minimum Gasteiger partial charge on any atom is -0.322 e. The lowest BCUT2D eigenvalue weighted by atomic mass is 10.1. The zero-order valence-electron chi connectivity index (χ0n) is 16.0. The lowest BCUT2D eigenvalue weighted by molar-refractivity contribution is 0.102. The van der Waals surface area contributed by atoms with Crippen LogP contribution in [0.5, 0.6) is 0 Å². The number of rotatable bonds is 5. The second-order valence-electron chi connectivity index (χ2n) is 6.54. The van der Waals surface area contributed by atoms with Crippen molar-refractivity contribution < 1.29 is 9.59 Å². The average molecular weight is 414 g/mol. The fraction of sp³-hybridized carbons (Fsp3) is 0. The quantitative estimate of drug-likeness (QED) is 0.359. The third-order valence-corrected chi connectivity index (χ3v) is 5.11. The number of thiophene rings is 1. The maximum absolute atomic E-state index is 12.6. The molecule has 0 saturated heterocycles. The van der Waals surface area contributed by atoms with Crippen molar-refractivity contribution in [2.24, 2.45) is 0 Å². The highest BCUT2D eigenvalue weighted by atomic mass is 32.1. The Morgan fingerprint density at radius 3 is 2.13 bits per heavy atom. The average Bonchev–Trinajstić information content (AvgIpc) is 3.30. The normalized spacial score (nSPS) is 10.3. The van der Waals surface area contributed by atoms with Gasteiger partial charge in [-0.3, -0.25) is 4.79 Å². The fourth-order valence-electron chi connectivity index (χ4n) is 2.99. The molecule has 3 N–H and O–H groups in total. The minimum atomic E-state index is -0.357. The number of urea groups is 1. The number of carbonyl (C=O) groups excluding carboxylic acids is 2. The molecule has 1 aromatic heterocycles. The Balaban J connectivity index is 1.58. The van der Waals surface area contributed by atoms with E-state index in [0.29, 0.717) is 22.6 Å². The summed E-state index contributed by atoms with van der Waals surface area (Å²) >= 11 is 1.58. The predicted molar refractivity (Wildman–Crippen MR) is 123 cm³/mol. The van der Waals surface area contributed by atoms with E-state index in [0.717, 1.165) is 11.1 Å². The Labute approximate surface area is 178 Å². The van der Waals surface area contributed by atoms with Crippen molar-refractivity contribution in [1.82, 2.24) is 0 Å². The lowest BCUT2D eigenvalue weighted by Gasteiger charge is -2.14. The standard InChI is InChI=1S/C24H19N3O2S/c28-23(17-7-3-1-4-8-17)25-20-11-12-21(18-13-14-30-16-18)22(15-20)27-24(29)26-19-9-5-2-6-10-19/h1-16H,(H,25,28)(H2,26,27,29). The van der Waals surface area contributed by atoms with E-state index < -0.39 is 0 Å².